The first-order valence-electron chi connectivity index (χ1n) is 8.38. The molecule has 1 saturated carbocycles. The van der Waals surface area contributed by atoms with E-state index in [2.05, 4.69) is 9.80 Å². The lowest BCUT2D eigenvalue weighted by Crippen LogP contribution is -2.50. The maximum Gasteiger partial charge on any atom is 0.320 e. The zero-order chi connectivity index (χ0) is 13.1. The Labute approximate surface area is 117 Å². The molecule has 0 aromatic heterocycles. The van der Waals surface area contributed by atoms with E-state index in [1.54, 1.807) is 0 Å². The van der Waals surface area contributed by atoms with Crippen LogP contribution in [0.1, 0.15) is 57.8 Å². The molecule has 2 unspecified atom stereocenters. The maximum absolute atomic E-state index is 12.6. The second-order valence-electron chi connectivity index (χ2n) is 6.72. The van der Waals surface area contributed by atoms with Crippen molar-refractivity contribution < 1.29 is 4.79 Å². The molecular formula is C16H28N2O. The van der Waals surface area contributed by atoms with Gasteiger partial charge in [-0.3, -0.25) is 0 Å². The third kappa shape index (κ3) is 3.06. The molecule has 2 aliphatic heterocycles. The van der Waals surface area contributed by atoms with Crippen molar-refractivity contribution in [3.63, 3.8) is 0 Å². The maximum atomic E-state index is 12.6. The molecule has 1 aliphatic carbocycles. The number of urea groups is 1. The molecule has 0 N–H and O–H groups in total. The van der Waals surface area contributed by atoms with E-state index in [1.807, 2.05) is 0 Å². The molecule has 0 aromatic rings. The van der Waals surface area contributed by atoms with Crippen LogP contribution in [-0.4, -0.2) is 42.0 Å². The molecule has 0 bridgehead atoms. The summed E-state index contributed by atoms with van der Waals surface area (Å²) in [6.07, 6.45) is 11.8. The largest absolute Gasteiger partial charge is 0.325 e. The Morgan fingerprint density at radius 1 is 0.684 bits per heavy atom. The standard InChI is InChI=1S/C16H28N2O/c19-16(17-10-5-1-2-6-11-17)18-12-9-14-7-3-4-8-15(14)13-18/h14-15H,1-13H2. The molecule has 3 rings (SSSR count). The minimum absolute atomic E-state index is 0.339. The Bertz CT molecular complexity index is 310. The number of rotatable bonds is 0. The van der Waals surface area contributed by atoms with Crippen molar-refractivity contribution in [3.8, 4) is 0 Å². The van der Waals surface area contributed by atoms with Crippen molar-refractivity contribution in [3.05, 3.63) is 0 Å². The van der Waals surface area contributed by atoms with Gasteiger partial charge in [0.25, 0.3) is 0 Å². The van der Waals surface area contributed by atoms with Crippen LogP contribution >= 0.6 is 0 Å². The summed E-state index contributed by atoms with van der Waals surface area (Å²) >= 11 is 0. The summed E-state index contributed by atoms with van der Waals surface area (Å²) < 4.78 is 0. The lowest BCUT2D eigenvalue weighted by molar-refractivity contribution is 0.0841. The highest BCUT2D eigenvalue weighted by Crippen LogP contribution is 2.36. The van der Waals surface area contributed by atoms with E-state index in [0.29, 0.717) is 6.03 Å². The second kappa shape index (κ2) is 6.15. The highest BCUT2D eigenvalue weighted by atomic mass is 16.2. The van der Waals surface area contributed by atoms with E-state index in [0.717, 1.165) is 38.0 Å². The van der Waals surface area contributed by atoms with Gasteiger partial charge in [-0.25, -0.2) is 4.79 Å². The summed E-state index contributed by atoms with van der Waals surface area (Å²) in [7, 11) is 0. The molecule has 0 radical (unpaired) electrons. The predicted molar refractivity (Wildman–Crippen MR) is 77.1 cm³/mol. The first-order chi connectivity index (χ1) is 9.34. The number of hydrogen-bond acceptors (Lipinski definition) is 1. The van der Waals surface area contributed by atoms with Gasteiger partial charge in [0.05, 0.1) is 0 Å². The van der Waals surface area contributed by atoms with Gasteiger partial charge in [-0.05, 0) is 37.5 Å². The molecule has 3 fully saturated rings. The second-order valence-corrected chi connectivity index (χ2v) is 6.72. The number of nitrogens with zero attached hydrogens (tertiary/aromatic N) is 2. The van der Waals surface area contributed by atoms with Crippen LogP contribution in [0, 0.1) is 11.8 Å². The van der Waals surface area contributed by atoms with Gasteiger partial charge in [-0.15, -0.1) is 0 Å². The molecular weight excluding hydrogens is 236 g/mol. The zero-order valence-electron chi connectivity index (χ0n) is 12.1. The van der Waals surface area contributed by atoms with E-state index < -0.39 is 0 Å². The van der Waals surface area contributed by atoms with Crippen molar-refractivity contribution in [2.24, 2.45) is 11.8 Å². The van der Waals surface area contributed by atoms with Gasteiger partial charge in [0, 0.05) is 26.2 Å². The van der Waals surface area contributed by atoms with Crippen LogP contribution in [0.3, 0.4) is 0 Å². The smallest absolute Gasteiger partial charge is 0.320 e. The monoisotopic (exact) mass is 264 g/mol. The van der Waals surface area contributed by atoms with E-state index in [4.69, 9.17) is 0 Å². The molecule has 19 heavy (non-hydrogen) atoms. The van der Waals surface area contributed by atoms with Crippen LogP contribution in [0.2, 0.25) is 0 Å². The van der Waals surface area contributed by atoms with Crippen molar-refractivity contribution in [2.45, 2.75) is 57.8 Å². The van der Waals surface area contributed by atoms with Gasteiger partial charge in [-0.2, -0.15) is 0 Å². The number of fused-ring (bicyclic) bond motifs is 1. The molecule has 3 heteroatoms. The molecule has 0 spiro atoms. The number of amides is 2. The average Bonchev–Trinajstić information content (AvgIpc) is 2.75. The lowest BCUT2D eigenvalue weighted by atomic mass is 9.75. The normalized spacial score (nSPS) is 32.6. The Morgan fingerprint density at radius 3 is 2.11 bits per heavy atom. The van der Waals surface area contributed by atoms with Crippen LogP contribution in [0.4, 0.5) is 4.79 Å². The van der Waals surface area contributed by atoms with Gasteiger partial charge in [-0.1, -0.05) is 32.1 Å². The molecule has 0 aromatic carbocycles. The average molecular weight is 264 g/mol. The van der Waals surface area contributed by atoms with Crippen LogP contribution < -0.4 is 0 Å². The molecule has 2 heterocycles. The van der Waals surface area contributed by atoms with Gasteiger partial charge >= 0.3 is 6.03 Å². The van der Waals surface area contributed by atoms with E-state index in [-0.39, 0.29) is 0 Å². The quantitative estimate of drug-likeness (QED) is 0.657. The third-order valence-corrected chi connectivity index (χ3v) is 5.44. The van der Waals surface area contributed by atoms with Gasteiger partial charge in [0.2, 0.25) is 0 Å². The fraction of sp³-hybridized carbons (Fsp3) is 0.938. The minimum atomic E-state index is 0.339. The van der Waals surface area contributed by atoms with Gasteiger partial charge < -0.3 is 9.80 Å². The third-order valence-electron chi connectivity index (χ3n) is 5.44. The fourth-order valence-electron chi connectivity index (χ4n) is 4.24. The first-order valence-corrected chi connectivity index (χ1v) is 8.38. The summed E-state index contributed by atoms with van der Waals surface area (Å²) in [6.45, 7) is 4.03. The molecule has 3 nitrogen and oxygen atoms in total. The molecule has 3 aliphatic rings. The highest BCUT2D eigenvalue weighted by molar-refractivity contribution is 5.74. The van der Waals surface area contributed by atoms with E-state index in [1.165, 1.54) is 57.8 Å². The Balaban J connectivity index is 1.57. The Hall–Kier alpha value is -0.730. The van der Waals surface area contributed by atoms with Gasteiger partial charge in [0.1, 0.15) is 0 Å². The molecule has 108 valence electrons. The van der Waals surface area contributed by atoms with Crippen molar-refractivity contribution in [1.29, 1.82) is 0 Å². The fourth-order valence-corrected chi connectivity index (χ4v) is 4.24. The van der Waals surface area contributed by atoms with E-state index >= 15 is 0 Å². The number of piperidine rings is 1. The van der Waals surface area contributed by atoms with Crippen LogP contribution in [0.15, 0.2) is 0 Å². The highest BCUT2D eigenvalue weighted by Gasteiger charge is 2.34. The minimum Gasteiger partial charge on any atom is -0.325 e. The van der Waals surface area contributed by atoms with Crippen molar-refractivity contribution in [2.75, 3.05) is 26.2 Å². The van der Waals surface area contributed by atoms with Crippen LogP contribution in [0.25, 0.3) is 0 Å². The number of hydrogen-bond donors (Lipinski definition) is 0. The molecule has 2 saturated heterocycles. The Kier molecular flexibility index (Phi) is 4.29. The number of carbonyl (C=O) groups is 1. The SMILES string of the molecule is O=C(N1CCCCCC1)N1CCC2CCCCC2C1. The molecule has 2 atom stereocenters. The number of likely N-dealkylation sites (tertiary alicyclic amines) is 2. The number of carbonyl (C=O) groups excluding carboxylic acids is 1. The topological polar surface area (TPSA) is 23.6 Å². The van der Waals surface area contributed by atoms with Crippen LogP contribution in [0.5, 0.6) is 0 Å². The first kappa shape index (κ1) is 13.3. The summed E-state index contributed by atoms with van der Waals surface area (Å²) in [5.74, 6) is 1.72. The summed E-state index contributed by atoms with van der Waals surface area (Å²) in [4.78, 5) is 16.9. The van der Waals surface area contributed by atoms with Crippen LogP contribution in [-0.2, 0) is 0 Å². The molecule has 2 amide bonds. The van der Waals surface area contributed by atoms with Gasteiger partial charge in [0.15, 0.2) is 0 Å². The zero-order valence-corrected chi connectivity index (χ0v) is 12.1. The van der Waals surface area contributed by atoms with Crippen molar-refractivity contribution in [1.82, 2.24) is 9.80 Å². The van der Waals surface area contributed by atoms with Crippen molar-refractivity contribution >= 4 is 6.03 Å². The summed E-state index contributed by atoms with van der Waals surface area (Å²) in [5, 5.41) is 0. The summed E-state index contributed by atoms with van der Waals surface area (Å²) in [5.41, 5.74) is 0. The predicted octanol–water partition coefficient (Wildman–Crippen LogP) is 3.49. The van der Waals surface area contributed by atoms with E-state index in [9.17, 15) is 4.79 Å². The lowest BCUT2D eigenvalue weighted by Gasteiger charge is -2.42. The summed E-state index contributed by atoms with van der Waals surface area (Å²) in [6, 6.07) is 0.339. The Morgan fingerprint density at radius 2 is 1.37 bits per heavy atom.